The molecule has 2 heterocycles. The van der Waals surface area contributed by atoms with Crippen molar-refractivity contribution in [2.24, 2.45) is 7.05 Å². The molecule has 0 fully saturated rings. The van der Waals surface area contributed by atoms with Crippen molar-refractivity contribution in [3.8, 4) is 5.75 Å². The van der Waals surface area contributed by atoms with E-state index in [-0.39, 0.29) is 0 Å². The fourth-order valence-electron chi connectivity index (χ4n) is 2.13. The van der Waals surface area contributed by atoms with Gasteiger partial charge in [0.05, 0.1) is 13.7 Å². The van der Waals surface area contributed by atoms with Crippen LogP contribution in [0.15, 0.2) is 36.8 Å². The predicted molar refractivity (Wildman–Crippen MR) is 76.6 cm³/mol. The first-order valence-corrected chi connectivity index (χ1v) is 6.28. The second-order valence-corrected chi connectivity index (χ2v) is 4.43. The van der Waals surface area contributed by atoms with Crippen molar-refractivity contribution < 1.29 is 4.74 Å². The first kappa shape index (κ1) is 12.4. The first-order valence-electron chi connectivity index (χ1n) is 6.28. The zero-order valence-corrected chi connectivity index (χ0v) is 11.4. The summed E-state index contributed by atoms with van der Waals surface area (Å²) in [7, 11) is 3.58. The third-order valence-corrected chi connectivity index (χ3v) is 3.21. The Bertz CT molecular complexity index is 737. The minimum Gasteiger partial charge on any atom is -0.496 e. The Labute approximate surface area is 116 Å². The zero-order valence-electron chi connectivity index (χ0n) is 11.4. The molecule has 3 rings (SSSR count). The van der Waals surface area contributed by atoms with Gasteiger partial charge in [-0.3, -0.25) is 0 Å². The molecule has 20 heavy (non-hydrogen) atoms. The Balaban J connectivity index is 1.94. The number of pyridine rings is 1. The second kappa shape index (κ2) is 5.16. The number of hydrogen-bond acceptors (Lipinski definition) is 5. The van der Waals surface area contributed by atoms with Crippen LogP contribution in [-0.4, -0.2) is 26.9 Å². The number of hydrogen-bond donors (Lipinski definition) is 1. The molecule has 0 atom stereocenters. The van der Waals surface area contributed by atoms with E-state index in [1.54, 1.807) is 19.6 Å². The molecule has 6 heteroatoms. The van der Waals surface area contributed by atoms with Crippen LogP contribution >= 0.6 is 0 Å². The number of aromatic nitrogens is 4. The SMILES string of the molecule is COc1cccc2c(NCc3nncn3C)nccc12. The monoisotopic (exact) mass is 269 g/mol. The molecule has 0 unspecified atom stereocenters. The molecule has 0 saturated heterocycles. The number of benzene rings is 1. The molecule has 6 nitrogen and oxygen atoms in total. The summed E-state index contributed by atoms with van der Waals surface area (Å²) in [5.41, 5.74) is 0. The second-order valence-electron chi connectivity index (χ2n) is 4.43. The van der Waals surface area contributed by atoms with E-state index in [9.17, 15) is 0 Å². The molecule has 0 saturated carbocycles. The van der Waals surface area contributed by atoms with E-state index in [0.29, 0.717) is 6.54 Å². The van der Waals surface area contributed by atoms with E-state index in [1.165, 1.54) is 0 Å². The lowest BCUT2D eigenvalue weighted by molar-refractivity contribution is 0.420. The molecule has 3 aromatic rings. The van der Waals surface area contributed by atoms with E-state index in [2.05, 4.69) is 20.5 Å². The maximum Gasteiger partial charge on any atom is 0.151 e. The van der Waals surface area contributed by atoms with E-state index in [4.69, 9.17) is 4.74 Å². The van der Waals surface area contributed by atoms with Gasteiger partial charge in [-0.15, -0.1) is 10.2 Å². The maximum atomic E-state index is 5.37. The van der Waals surface area contributed by atoms with Crippen molar-refractivity contribution in [1.82, 2.24) is 19.7 Å². The van der Waals surface area contributed by atoms with Crippen LogP contribution in [-0.2, 0) is 13.6 Å². The highest BCUT2D eigenvalue weighted by Crippen LogP contribution is 2.29. The maximum absolute atomic E-state index is 5.37. The van der Waals surface area contributed by atoms with Crippen molar-refractivity contribution in [3.05, 3.63) is 42.6 Å². The normalized spacial score (nSPS) is 10.7. The van der Waals surface area contributed by atoms with Crippen LogP contribution in [0, 0.1) is 0 Å². The summed E-state index contributed by atoms with van der Waals surface area (Å²) in [5.74, 6) is 2.50. The van der Waals surface area contributed by atoms with Crippen molar-refractivity contribution in [1.29, 1.82) is 0 Å². The average molecular weight is 269 g/mol. The molecule has 2 aromatic heterocycles. The highest BCUT2D eigenvalue weighted by Gasteiger charge is 2.07. The molecule has 102 valence electrons. The van der Waals surface area contributed by atoms with Crippen LogP contribution in [0.3, 0.4) is 0 Å². The molecule has 0 radical (unpaired) electrons. The molecular weight excluding hydrogens is 254 g/mol. The third-order valence-electron chi connectivity index (χ3n) is 3.21. The van der Waals surface area contributed by atoms with Crippen molar-refractivity contribution in [3.63, 3.8) is 0 Å². The van der Waals surface area contributed by atoms with Crippen molar-refractivity contribution in [2.75, 3.05) is 12.4 Å². The summed E-state index contributed by atoms with van der Waals surface area (Å²) < 4.78 is 7.24. The molecule has 0 bridgehead atoms. The highest BCUT2D eigenvalue weighted by molar-refractivity contribution is 5.95. The van der Waals surface area contributed by atoms with Gasteiger partial charge in [-0.05, 0) is 12.1 Å². The molecule has 1 N–H and O–H groups in total. The highest BCUT2D eigenvalue weighted by atomic mass is 16.5. The van der Waals surface area contributed by atoms with Crippen LogP contribution in [0.4, 0.5) is 5.82 Å². The summed E-state index contributed by atoms with van der Waals surface area (Å²) in [6.45, 7) is 0.569. The topological polar surface area (TPSA) is 64.9 Å². The van der Waals surface area contributed by atoms with Crippen LogP contribution in [0.2, 0.25) is 0 Å². The van der Waals surface area contributed by atoms with Crippen molar-refractivity contribution >= 4 is 16.6 Å². The summed E-state index contributed by atoms with van der Waals surface area (Å²) in [5, 5.41) is 13.2. The number of fused-ring (bicyclic) bond motifs is 1. The minimum atomic E-state index is 0.569. The van der Waals surface area contributed by atoms with Gasteiger partial charge in [0.25, 0.3) is 0 Å². The number of aryl methyl sites for hydroxylation is 1. The molecule has 0 amide bonds. The fourth-order valence-corrected chi connectivity index (χ4v) is 2.13. The lowest BCUT2D eigenvalue weighted by atomic mass is 10.1. The van der Waals surface area contributed by atoms with Gasteiger partial charge in [-0.2, -0.15) is 0 Å². The van der Waals surface area contributed by atoms with E-state index >= 15 is 0 Å². The van der Waals surface area contributed by atoms with Gasteiger partial charge in [-0.25, -0.2) is 4.98 Å². The Morgan fingerprint density at radius 3 is 2.90 bits per heavy atom. The standard InChI is InChI=1S/C14H15N5O/c1-19-9-17-18-13(19)8-16-14-11-4-3-5-12(20-2)10(11)6-7-15-14/h3-7,9H,8H2,1-2H3,(H,15,16). The number of ether oxygens (including phenoxy) is 1. The Hall–Kier alpha value is -2.63. The quantitative estimate of drug-likeness (QED) is 0.784. The van der Waals surface area contributed by atoms with Gasteiger partial charge in [0.15, 0.2) is 5.82 Å². The molecule has 0 spiro atoms. The Morgan fingerprint density at radius 1 is 1.25 bits per heavy atom. The summed E-state index contributed by atoms with van der Waals surface area (Å²) >= 11 is 0. The molecule has 1 aromatic carbocycles. The van der Waals surface area contributed by atoms with E-state index < -0.39 is 0 Å². The van der Waals surface area contributed by atoms with Crippen LogP contribution in [0.5, 0.6) is 5.75 Å². The van der Waals surface area contributed by atoms with Gasteiger partial charge in [-0.1, -0.05) is 12.1 Å². The molecule has 0 aliphatic heterocycles. The number of methoxy groups -OCH3 is 1. The molecule has 0 aliphatic carbocycles. The van der Waals surface area contributed by atoms with Gasteiger partial charge < -0.3 is 14.6 Å². The molecule has 0 aliphatic rings. The summed E-state index contributed by atoms with van der Waals surface area (Å²) in [4.78, 5) is 4.39. The van der Waals surface area contributed by atoms with Crippen molar-refractivity contribution in [2.45, 2.75) is 6.54 Å². The Morgan fingerprint density at radius 2 is 2.15 bits per heavy atom. The van der Waals surface area contributed by atoms with Crippen LogP contribution < -0.4 is 10.1 Å². The van der Waals surface area contributed by atoms with Crippen LogP contribution in [0.1, 0.15) is 5.82 Å². The summed E-state index contributed by atoms with van der Waals surface area (Å²) in [6.07, 6.45) is 3.44. The predicted octanol–water partition coefficient (Wildman–Crippen LogP) is 1.98. The average Bonchev–Trinajstić information content (AvgIpc) is 2.89. The number of rotatable bonds is 4. The number of nitrogens with one attached hydrogen (secondary N) is 1. The summed E-state index contributed by atoms with van der Waals surface area (Å²) in [6, 6.07) is 7.86. The fraction of sp³-hybridized carbons (Fsp3) is 0.214. The van der Waals surface area contributed by atoms with Gasteiger partial charge in [0.1, 0.15) is 17.9 Å². The minimum absolute atomic E-state index is 0.569. The van der Waals surface area contributed by atoms with Crippen LogP contribution in [0.25, 0.3) is 10.8 Å². The number of nitrogens with zero attached hydrogens (tertiary/aromatic N) is 4. The van der Waals surface area contributed by atoms with Gasteiger partial charge in [0, 0.05) is 24.0 Å². The lowest BCUT2D eigenvalue weighted by Crippen LogP contribution is -2.07. The van der Waals surface area contributed by atoms with E-state index in [0.717, 1.165) is 28.2 Å². The Kier molecular flexibility index (Phi) is 3.20. The largest absolute Gasteiger partial charge is 0.496 e. The third kappa shape index (κ3) is 2.16. The first-order chi connectivity index (χ1) is 9.79. The number of anilines is 1. The smallest absolute Gasteiger partial charge is 0.151 e. The van der Waals surface area contributed by atoms with Gasteiger partial charge in [0.2, 0.25) is 0 Å². The van der Waals surface area contributed by atoms with E-state index in [1.807, 2.05) is 35.9 Å². The van der Waals surface area contributed by atoms with Gasteiger partial charge >= 0.3 is 0 Å². The lowest BCUT2D eigenvalue weighted by Gasteiger charge is -2.10. The zero-order chi connectivity index (χ0) is 13.9. The molecular formula is C14H15N5O.